The quantitative estimate of drug-likeness (QED) is 0.109. The molecule has 0 amide bonds. The Balaban J connectivity index is 0.000000138. The number of para-hydroxylation sites is 4. The van der Waals surface area contributed by atoms with Crippen LogP contribution in [0.1, 0.15) is 0 Å². The van der Waals surface area contributed by atoms with Crippen molar-refractivity contribution in [3.63, 3.8) is 0 Å². The molecule has 28 aromatic rings. The summed E-state index contributed by atoms with van der Waals surface area (Å²) in [5, 5.41) is 25.4. The molecule has 0 bridgehead atoms. The molecule has 0 radical (unpaired) electrons. The Kier molecular flexibility index (Phi) is 18.3. The van der Waals surface area contributed by atoms with E-state index in [9.17, 15) is 0 Å². The van der Waals surface area contributed by atoms with Crippen LogP contribution in [0.3, 0.4) is 0 Å². The van der Waals surface area contributed by atoms with Crippen molar-refractivity contribution in [2.24, 2.45) is 0 Å². The summed E-state index contributed by atoms with van der Waals surface area (Å²) in [5.74, 6) is 0. The third kappa shape index (κ3) is 13.1. The third-order valence-corrected chi connectivity index (χ3v) is 28.6. The number of nitrogens with zero attached hydrogens (tertiary/aromatic N) is 4. The highest BCUT2D eigenvalue weighted by Gasteiger charge is 2.22. The largest absolute Gasteiger partial charge is 0.309 e. The third-order valence-electron chi connectivity index (χ3n) is 28.6. The summed E-state index contributed by atoms with van der Waals surface area (Å²) in [4.78, 5) is 0. The predicted octanol–water partition coefficient (Wildman–Crippen LogP) is 36.0. The number of hydrogen-bond donors (Lipinski definition) is 0. The highest BCUT2D eigenvalue weighted by molar-refractivity contribution is 6.21. The zero-order chi connectivity index (χ0) is 89.4. The van der Waals surface area contributed by atoms with E-state index in [0.29, 0.717) is 0 Å². The van der Waals surface area contributed by atoms with Crippen molar-refractivity contribution >= 4 is 152 Å². The molecule has 4 nitrogen and oxygen atoms in total. The van der Waals surface area contributed by atoms with Crippen LogP contribution in [-0.4, -0.2) is 18.3 Å². The van der Waals surface area contributed by atoms with Gasteiger partial charge in [-0.1, -0.05) is 376 Å². The highest BCUT2D eigenvalue weighted by atomic mass is 15.0. The molecule has 4 heteroatoms. The van der Waals surface area contributed by atoms with Crippen LogP contribution >= 0.6 is 0 Å². The molecule has 0 aliphatic rings. The van der Waals surface area contributed by atoms with Gasteiger partial charge >= 0.3 is 0 Å². The van der Waals surface area contributed by atoms with E-state index in [4.69, 9.17) is 0 Å². The van der Waals surface area contributed by atoms with Crippen molar-refractivity contribution < 1.29 is 0 Å². The van der Waals surface area contributed by atoms with Gasteiger partial charge in [0.2, 0.25) is 0 Å². The molecule has 136 heavy (non-hydrogen) atoms. The number of rotatable bonds is 12. The topological polar surface area (TPSA) is 19.7 Å². The van der Waals surface area contributed by atoms with Gasteiger partial charge in [-0.25, -0.2) is 0 Å². The fourth-order valence-corrected chi connectivity index (χ4v) is 21.9. The summed E-state index contributed by atoms with van der Waals surface area (Å²) in [6, 6.07) is 187. The Morgan fingerprint density at radius 1 is 0.0882 bits per heavy atom. The van der Waals surface area contributed by atoms with Gasteiger partial charge in [0.25, 0.3) is 0 Å². The van der Waals surface area contributed by atoms with Crippen LogP contribution < -0.4 is 0 Å². The van der Waals surface area contributed by atoms with E-state index in [1.165, 1.54) is 241 Å². The van der Waals surface area contributed by atoms with Crippen molar-refractivity contribution in [3.8, 4) is 112 Å². The Labute approximate surface area is 785 Å². The first kappa shape index (κ1) is 77.9. The van der Waals surface area contributed by atoms with E-state index in [1.807, 2.05) is 0 Å². The average molecular weight is 1730 g/mol. The Hall–Kier alpha value is -18.0. The molecule has 24 aromatic carbocycles. The first-order valence-electron chi connectivity index (χ1n) is 47.0. The lowest BCUT2D eigenvalue weighted by Crippen LogP contribution is -1.94. The average Bonchev–Trinajstić information content (AvgIpc) is 1.51. The maximum absolute atomic E-state index is 2.43. The minimum Gasteiger partial charge on any atom is -0.309 e. The maximum Gasteiger partial charge on any atom is 0.0541 e. The van der Waals surface area contributed by atoms with Crippen LogP contribution in [0.5, 0.6) is 0 Å². The van der Waals surface area contributed by atoms with Gasteiger partial charge in [0, 0.05) is 65.8 Å². The van der Waals surface area contributed by atoms with Crippen molar-refractivity contribution in [2.45, 2.75) is 0 Å². The Morgan fingerprint density at radius 2 is 0.294 bits per heavy atom. The molecule has 632 valence electrons. The first-order valence-corrected chi connectivity index (χ1v) is 47.0. The zero-order valence-corrected chi connectivity index (χ0v) is 74.3. The van der Waals surface area contributed by atoms with E-state index < -0.39 is 0 Å². The van der Waals surface area contributed by atoms with Gasteiger partial charge in [-0.3, -0.25) is 0 Å². The van der Waals surface area contributed by atoms with Gasteiger partial charge in [0.05, 0.1) is 44.1 Å². The van der Waals surface area contributed by atoms with Gasteiger partial charge < -0.3 is 18.3 Å². The van der Waals surface area contributed by atoms with Crippen LogP contribution in [0.25, 0.3) is 264 Å². The molecule has 0 saturated heterocycles. The van der Waals surface area contributed by atoms with Crippen LogP contribution in [0.4, 0.5) is 0 Å². The highest BCUT2D eigenvalue weighted by Crippen LogP contribution is 2.45. The lowest BCUT2D eigenvalue weighted by Gasteiger charge is -2.12. The molecule has 0 atom stereocenters. The monoisotopic (exact) mass is 1720 g/mol. The number of hydrogen-bond acceptors (Lipinski definition) is 0. The Morgan fingerprint density at radius 3 is 0.632 bits per heavy atom. The van der Waals surface area contributed by atoms with Crippen molar-refractivity contribution in [3.05, 3.63) is 510 Å². The summed E-state index contributed by atoms with van der Waals surface area (Å²) in [6.45, 7) is 0. The normalized spacial score (nSPS) is 11.8. The minimum atomic E-state index is 1.15. The summed E-state index contributed by atoms with van der Waals surface area (Å²) >= 11 is 0. The summed E-state index contributed by atoms with van der Waals surface area (Å²) in [7, 11) is 0. The molecular weight excluding hydrogens is 1640 g/mol. The number of benzene rings is 24. The van der Waals surface area contributed by atoms with E-state index in [0.717, 1.165) is 22.7 Å². The van der Waals surface area contributed by atoms with Crippen LogP contribution in [0.2, 0.25) is 0 Å². The number of fused-ring (bicyclic) bond motifs is 22. The smallest absolute Gasteiger partial charge is 0.0541 e. The van der Waals surface area contributed by atoms with Gasteiger partial charge in [0.1, 0.15) is 0 Å². The second-order valence-corrected chi connectivity index (χ2v) is 36.2. The number of aromatic nitrogens is 4. The summed E-state index contributed by atoms with van der Waals surface area (Å²) in [6.07, 6.45) is 0. The second kappa shape index (κ2) is 32.0. The fraction of sp³-hybridized carbons (Fsp3) is 0. The molecule has 0 unspecified atom stereocenters. The van der Waals surface area contributed by atoms with Crippen molar-refractivity contribution in [1.82, 2.24) is 18.3 Å². The molecule has 0 saturated carbocycles. The molecule has 0 spiro atoms. The lowest BCUT2D eigenvalue weighted by atomic mass is 9.95. The van der Waals surface area contributed by atoms with Crippen LogP contribution in [0.15, 0.2) is 510 Å². The first-order chi connectivity index (χ1) is 67.4. The maximum atomic E-state index is 2.43. The second-order valence-electron chi connectivity index (χ2n) is 36.2. The Bertz CT molecular complexity index is 9670. The van der Waals surface area contributed by atoms with E-state index in [1.54, 1.807) is 0 Å². The molecule has 0 aliphatic heterocycles. The minimum absolute atomic E-state index is 1.15. The van der Waals surface area contributed by atoms with Crippen molar-refractivity contribution in [2.75, 3.05) is 0 Å². The molecular formula is C132H84N4. The SMILES string of the molecule is c1ccc(-c2ccc(-c3ccc(-n4c5ccccc5c5cc(-c6ccc7c(c6)c6ccccc6n7-c6ccc(-c7ccc8c(ccc9c%10ccccc%10ccc89)c7)cc6)ccc54)cc3)cc2)cc1.c1ccc(-c2ccc(-c3ccc(-n4c5ccccc5c5cc(-c6ccc7c(c6)c6ccccc6n7-c6cccc(-c7ccc8c(ccc9c%10ccccc%10ccc89)c7)c6)ccc54)cc3)cc2)cc1. The van der Waals surface area contributed by atoms with Gasteiger partial charge in [-0.05, 0) is 287 Å². The van der Waals surface area contributed by atoms with Gasteiger partial charge in [-0.2, -0.15) is 0 Å². The molecule has 4 aromatic heterocycles. The van der Waals surface area contributed by atoms with Crippen LogP contribution in [-0.2, 0) is 0 Å². The van der Waals surface area contributed by atoms with Gasteiger partial charge in [-0.15, -0.1) is 0 Å². The summed E-state index contributed by atoms with van der Waals surface area (Å²) in [5.41, 5.74) is 33.6. The van der Waals surface area contributed by atoms with Gasteiger partial charge in [0.15, 0.2) is 0 Å². The van der Waals surface area contributed by atoms with Crippen LogP contribution in [0, 0.1) is 0 Å². The zero-order valence-electron chi connectivity index (χ0n) is 74.3. The predicted molar refractivity (Wildman–Crippen MR) is 579 cm³/mol. The van der Waals surface area contributed by atoms with E-state index in [-0.39, 0.29) is 0 Å². The molecule has 28 rings (SSSR count). The lowest BCUT2D eigenvalue weighted by molar-refractivity contribution is 1.18. The van der Waals surface area contributed by atoms with E-state index in [2.05, 4.69) is 528 Å². The van der Waals surface area contributed by atoms with E-state index >= 15 is 0 Å². The fourth-order valence-electron chi connectivity index (χ4n) is 21.9. The standard InChI is InChI=1S/2C66H42N2/c1-2-11-43(12-3-1)44-21-23-45(24-22-44)46-25-32-53(33-26-46)67-63-19-8-6-17-59(63)61-41-50(30-37-65(61)67)51-31-38-66-62(42-51)60-18-7-9-20-64(60)68(66)54-15-10-14-48(40-54)49-28-34-56-52(39-49)29-36-57-55-16-5-4-13-47(55)27-35-58(56)57;1-2-10-43(11-3-1)44-18-20-45(21-19-44)46-22-31-53(32-23-46)67-63-16-8-6-14-59(63)61-41-50(29-38-65(61)67)51-30-39-66-62(42-51)60-15-7-9-17-64(60)68(66)54-33-24-47(25-34-54)49-27-35-56-52(40-49)28-37-57-55-13-5-4-12-48(55)26-36-58(56)57/h2*1-42H. The molecule has 0 fully saturated rings. The molecule has 0 aliphatic carbocycles. The molecule has 4 heterocycles. The summed E-state index contributed by atoms with van der Waals surface area (Å²) < 4.78 is 9.65. The molecule has 0 N–H and O–H groups in total. The van der Waals surface area contributed by atoms with Crippen molar-refractivity contribution in [1.29, 1.82) is 0 Å².